The maximum atomic E-state index is 12.0. The number of nitrogens with two attached hydrogens (primary N) is 1. The van der Waals surface area contributed by atoms with Gasteiger partial charge in [-0.05, 0) is 6.07 Å². The van der Waals surface area contributed by atoms with E-state index < -0.39 is 47.3 Å². The van der Waals surface area contributed by atoms with E-state index in [0.717, 1.165) is 16.8 Å². The van der Waals surface area contributed by atoms with Gasteiger partial charge in [-0.2, -0.15) is 0 Å². The van der Waals surface area contributed by atoms with Gasteiger partial charge in [0.25, 0.3) is 0 Å². The summed E-state index contributed by atoms with van der Waals surface area (Å²) < 4.78 is 5.89. The summed E-state index contributed by atoms with van der Waals surface area (Å²) in [6, 6.07) is 1.12. The molecule has 1 aliphatic rings. The van der Waals surface area contributed by atoms with E-state index in [2.05, 4.69) is 0 Å². The molecule has 0 aliphatic carbocycles. The Hall–Kier alpha value is -2.01. The van der Waals surface area contributed by atoms with Crippen LogP contribution in [0.2, 0.25) is 0 Å². The second-order valence-corrected chi connectivity index (χ2v) is 4.32. The molecule has 110 valence electrons. The molecule has 10 nitrogen and oxygen atoms in total. The maximum absolute atomic E-state index is 12.0. The predicted molar refractivity (Wildman–Crippen MR) is 64.8 cm³/mol. The number of aliphatic hydroxyl groups is 3. The van der Waals surface area contributed by atoms with Crippen LogP contribution in [-0.2, 0) is 4.74 Å². The summed E-state index contributed by atoms with van der Waals surface area (Å²) >= 11 is 0. The largest absolute Gasteiger partial charge is 0.394 e. The Bertz CT molecular complexity index is 587. The molecular formula is C10H13N3O7. The van der Waals surface area contributed by atoms with Crippen molar-refractivity contribution in [3.05, 3.63) is 32.7 Å². The molecule has 1 saturated heterocycles. The molecule has 1 aromatic heterocycles. The topological polar surface area (TPSA) is 161 Å². The van der Waals surface area contributed by atoms with Crippen LogP contribution in [0.3, 0.4) is 0 Å². The van der Waals surface area contributed by atoms with Crippen LogP contribution in [0, 0.1) is 10.1 Å². The van der Waals surface area contributed by atoms with Crippen molar-refractivity contribution < 1.29 is 25.0 Å². The first-order chi connectivity index (χ1) is 9.38. The van der Waals surface area contributed by atoms with E-state index in [-0.39, 0.29) is 5.69 Å². The second-order valence-electron chi connectivity index (χ2n) is 4.32. The molecule has 0 aromatic carbocycles. The van der Waals surface area contributed by atoms with Gasteiger partial charge in [0.1, 0.15) is 24.0 Å². The van der Waals surface area contributed by atoms with Crippen molar-refractivity contribution in [2.75, 3.05) is 12.3 Å². The number of anilines is 1. The highest BCUT2D eigenvalue weighted by Crippen LogP contribution is 2.29. The monoisotopic (exact) mass is 287 g/mol. The lowest BCUT2D eigenvalue weighted by atomic mass is 10.1. The van der Waals surface area contributed by atoms with Gasteiger partial charge in [0, 0.05) is 6.20 Å². The highest BCUT2D eigenvalue weighted by atomic mass is 16.6. The van der Waals surface area contributed by atoms with Crippen LogP contribution in [0.5, 0.6) is 0 Å². The zero-order chi connectivity index (χ0) is 15.0. The molecule has 1 aliphatic heterocycles. The molecule has 5 N–H and O–H groups in total. The zero-order valence-corrected chi connectivity index (χ0v) is 10.1. The minimum Gasteiger partial charge on any atom is -0.394 e. The van der Waals surface area contributed by atoms with Crippen molar-refractivity contribution in [3.8, 4) is 0 Å². The summed E-state index contributed by atoms with van der Waals surface area (Å²) in [6.45, 7) is -0.569. The first kappa shape index (κ1) is 14.4. The number of rotatable bonds is 3. The average molecular weight is 287 g/mol. The molecule has 0 bridgehead atoms. The van der Waals surface area contributed by atoms with Crippen LogP contribution in [0.25, 0.3) is 0 Å². The Labute approximate surface area is 111 Å². The van der Waals surface area contributed by atoms with Gasteiger partial charge in [0.15, 0.2) is 6.23 Å². The zero-order valence-electron chi connectivity index (χ0n) is 10.1. The van der Waals surface area contributed by atoms with Crippen molar-refractivity contribution >= 4 is 11.4 Å². The van der Waals surface area contributed by atoms with Crippen LogP contribution in [0.15, 0.2) is 17.1 Å². The smallest absolute Gasteiger partial charge is 0.356 e. The number of hydrogen-bond donors (Lipinski definition) is 4. The van der Waals surface area contributed by atoms with E-state index in [1.165, 1.54) is 0 Å². The van der Waals surface area contributed by atoms with Gasteiger partial charge in [0.2, 0.25) is 0 Å². The summed E-state index contributed by atoms with van der Waals surface area (Å²) in [5, 5.41) is 39.2. The fraction of sp³-hybridized carbons (Fsp3) is 0.500. The third-order valence-corrected chi connectivity index (χ3v) is 3.10. The number of nitrogen functional groups attached to an aromatic ring is 1. The normalized spacial score (nSPS) is 29.6. The summed E-state index contributed by atoms with van der Waals surface area (Å²) in [4.78, 5) is 21.8. The number of nitro groups is 1. The van der Waals surface area contributed by atoms with E-state index in [0.29, 0.717) is 0 Å². The lowest BCUT2D eigenvalue weighted by molar-refractivity contribution is -0.385. The molecule has 2 rings (SSSR count). The number of pyridine rings is 1. The Kier molecular flexibility index (Phi) is 3.72. The third-order valence-electron chi connectivity index (χ3n) is 3.10. The minimum atomic E-state index is -1.51. The highest BCUT2D eigenvalue weighted by Gasteiger charge is 2.44. The number of aliphatic hydroxyl groups excluding tert-OH is 3. The van der Waals surface area contributed by atoms with Crippen LogP contribution in [-0.4, -0.2) is 49.7 Å². The van der Waals surface area contributed by atoms with Crippen molar-refractivity contribution in [2.45, 2.75) is 24.5 Å². The third kappa shape index (κ3) is 2.14. The van der Waals surface area contributed by atoms with E-state index >= 15 is 0 Å². The van der Waals surface area contributed by atoms with Crippen molar-refractivity contribution in [3.63, 3.8) is 0 Å². The number of aromatic nitrogens is 1. The maximum Gasteiger partial charge on any atom is 0.356 e. The van der Waals surface area contributed by atoms with E-state index in [1.807, 2.05) is 0 Å². The summed E-state index contributed by atoms with van der Waals surface area (Å²) in [7, 11) is 0. The van der Waals surface area contributed by atoms with Gasteiger partial charge in [-0.15, -0.1) is 0 Å². The molecule has 10 heteroatoms. The van der Waals surface area contributed by atoms with Crippen molar-refractivity contribution in [1.29, 1.82) is 0 Å². The van der Waals surface area contributed by atoms with Crippen molar-refractivity contribution in [1.82, 2.24) is 4.57 Å². The fourth-order valence-electron chi connectivity index (χ4n) is 2.05. The lowest BCUT2D eigenvalue weighted by Gasteiger charge is -2.17. The molecule has 0 spiro atoms. The average Bonchev–Trinajstić information content (AvgIpc) is 2.66. The summed E-state index contributed by atoms with van der Waals surface area (Å²) in [5.74, 6) is 0. The number of ether oxygens (including phenoxy) is 1. The quantitative estimate of drug-likeness (QED) is 0.365. The molecule has 0 amide bonds. The summed E-state index contributed by atoms with van der Waals surface area (Å²) in [5.41, 5.74) is 3.13. The molecule has 0 saturated carbocycles. The SMILES string of the molecule is Nc1ccn([C@@H]2O[C@H](CO)[C@@H](O)[C@H]2O)c(=O)c1[N+](=O)[O-]. The van der Waals surface area contributed by atoms with E-state index in [4.69, 9.17) is 15.6 Å². The predicted octanol–water partition coefficient (Wildman–Crippen LogP) is -2.05. The number of hydrogen-bond acceptors (Lipinski definition) is 8. The van der Waals surface area contributed by atoms with Gasteiger partial charge >= 0.3 is 11.2 Å². The molecule has 20 heavy (non-hydrogen) atoms. The van der Waals surface area contributed by atoms with Crippen LogP contribution in [0.4, 0.5) is 11.4 Å². The van der Waals surface area contributed by atoms with Crippen LogP contribution in [0.1, 0.15) is 6.23 Å². The Morgan fingerprint density at radius 2 is 2.10 bits per heavy atom. The molecule has 0 radical (unpaired) electrons. The Morgan fingerprint density at radius 1 is 1.45 bits per heavy atom. The van der Waals surface area contributed by atoms with Crippen LogP contribution < -0.4 is 11.3 Å². The summed E-state index contributed by atoms with van der Waals surface area (Å²) in [6.07, 6.45) is -4.22. The second kappa shape index (κ2) is 5.17. The molecule has 0 unspecified atom stereocenters. The molecular weight excluding hydrogens is 274 g/mol. The first-order valence-electron chi connectivity index (χ1n) is 5.66. The minimum absolute atomic E-state index is 0.317. The van der Waals surface area contributed by atoms with Crippen molar-refractivity contribution in [2.24, 2.45) is 0 Å². The molecule has 4 atom stereocenters. The van der Waals surface area contributed by atoms with E-state index in [9.17, 15) is 25.1 Å². The van der Waals surface area contributed by atoms with Gasteiger partial charge < -0.3 is 25.8 Å². The molecule has 1 aromatic rings. The Balaban J connectivity index is 2.47. The molecule has 1 fully saturated rings. The Morgan fingerprint density at radius 3 is 2.60 bits per heavy atom. The fourth-order valence-corrected chi connectivity index (χ4v) is 2.05. The standard InChI is InChI=1S/C10H13N3O7/c11-4-1-2-12(9(17)6(4)13(18)19)10-8(16)7(15)5(3-14)20-10/h1-2,5,7-8,10,14-16H,3,11H2/t5-,7-,8-,10-/m1/s1. The van der Waals surface area contributed by atoms with Gasteiger partial charge in [0.05, 0.1) is 11.5 Å². The first-order valence-corrected chi connectivity index (χ1v) is 5.66. The van der Waals surface area contributed by atoms with Gasteiger partial charge in [-0.25, -0.2) is 0 Å². The van der Waals surface area contributed by atoms with Gasteiger partial charge in [-0.3, -0.25) is 19.5 Å². The highest BCUT2D eigenvalue weighted by molar-refractivity contribution is 5.55. The van der Waals surface area contributed by atoms with E-state index in [1.54, 1.807) is 0 Å². The number of nitrogens with zero attached hydrogens (tertiary/aromatic N) is 2. The lowest BCUT2D eigenvalue weighted by Crippen LogP contribution is -2.35. The molecule has 2 heterocycles. The van der Waals surface area contributed by atoms with Gasteiger partial charge in [-0.1, -0.05) is 0 Å². The van der Waals surface area contributed by atoms with Crippen LogP contribution >= 0.6 is 0 Å².